The van der Waals surface area contributed by atoms with Crippen LogP contribution >= 0.6 is 0 Å². The molecule has 0 N–H and O–H groups in total. The van der Waals surface area contributed by atoms with Crippen LogP contribution in [0.5, 0.6) is 0 Å². The maximum absolute atomic E-state index is 10.1. The summed E-state index contributed by atoms with van der Waals surface area (Å²) in [4.78, 5) is 0. The molecule has 58 heavy (non-hydrogen) atoms. The lowest BCUT2D eigenvalue weighted by Gasteiger charge is -2.14. The monoisotopic (exact) mass is 739 g/mol. The van der Waals surface area contributed by atoms with Crippen molar-refractivity contribution in [3.05, 3.63) is 206 Å². The van der Waals surface area contributed by atoms with Crippen molar-refractivity contribution < 1.29 is 0 Å². The van der Waals surface area contributed by atoms with E-state index in [0.29, 0.717) is 5.56 Å². The van der Waals surface area contributed by atoms with Gasteiger partial charge in [0.2, 0.25) is 0 Å². The lowest BCUT2D eigenvalue weighted by molar-refractivity contribution is 1.04. The highest BCUT2D eigenvalue weighted by Gasteiger charge is 2.13. The van der Waals surface area contributed by atoms with Crippen LogP contribution in [-0.4, -0.2) is 20.4 Å². The van der Waals surface area contributed by atoms with Gasteiger partial charge >= 0.3 is 0 Å². The zero-order chi connectivity index (χ0) is 38.8. The Hall–Kier alpha value is -8.07. The van der Waals surface area contributed by atoms with Crippen molar-refractivity contribution in [1.29, 1.82) is 5.26 Å². The largest absolute Gasteiger partial charge is 0.192 e. The molecule has 0 saturated carbocycles. The molecule has 2 heterocycles. The maximum Gasteiger partial charge on any atom is 0.0998 e. The first kappa shape index (κ1) is 34.4. The molecule has 0 atom stereocenters. The Morgan fingerprint density at radius 1 is 0.276 bits per heavy atom. The molecule has 5 nitrogen and oxygen atoms in total. The summed E-state index contributed by atoms with van der Waals surface area (Å²) in [6.45, 7) is 0. The van der Waals surface area contributed by atoms with Crippen LogP contribution in [0.2, 0.25) is 0 Å². The fourth-order valence-electron chi connectivity index (χ4n) is 7.64. The van der Waals surface area contributed by atoms with E-state index in [0.717, 1.165) is 78.4 Å². The molecule has 0 aliphatic carbocycles. The summed E-state index contributed by atoms with van der Waals surface area (Å²) in [5, 5.41) is 33.4. The fraction of sp³-hybridized carbons (Fsp3) is 0. The van der Waals surface area contributed by atoms with Crippen LogP contribution in [-0.2, 0) is 0 Å². The molecule has 0 radical (unpaired) electrons. The van der Waals surface area contributed by atoms with E-state index >= 15 is 0 Å². The zero-order valence-electron chi connectivity index (χ0n) is 31.3. The number of hydrogen-bond donors (Lipinski definition) is 0. The molecule has 2 aromatic heterocycles. The summed E-state index contributed by atoms with van der Waals surface area (Å²) in [6, 6.07) is 71.0. The molecule has 0 unspecified atom stereocenters. The first-order chi connectivity index (χ1) is 28.6. The van der Waals surface area contributed by atoms with E-state index < -0.39 is 0 Å². The third-order valence-electron chi connectivity index (χ3n) is 10.7. The second-order valence-corrected chi connectivity index (χ2v) is 14.3. The summed E-state index contributed by atoms with van der Waals surface area (Å²) < 4.78 is 0. The minimum atomic E-state index is 0.622. The van der Waals surface area contributed by atoms with Crippen molar-refractivity contribution in [2.45, 2.75) is 0 Å². The Bertz CT molecular complexity index is 3000. The highest BCUT2D eigenvalue weighted by molar-refractivity contribution is 5.89. The van der Waals surface area contributed by atoms with Crippen LogP contribution in [0.1, 0.15) is 5.56 Å². The van der Waals surface area contributed by atoms with Crippen LogP contribution in [0.15, 0.2) is 200 Å². The van der Waals surface area contributed by atoms with Crippen LogP contribution in [0.3, 0.4) is 0 Å². The average molecular weight is 740 g/mol. The van der Waals surface area contributed by atoms with Gasteiger partial charge in [0, 0.05) is 22.3 Å². The van der Waals surface area contributed by atoms with Gasteiger partial charge in [-0.25, -0.2) is 0 Å². The van der Waals surface area contributed by atoms with E-state index in [2.05, 4.69) is 154 Å². The molecular formula is C53H33N5. The lowest BCUT2D eigenvalue weighted by Crippen LogP contribution is -1.93. The molecule has 5 heteroatoms. The lowest BCUT2D eigenvalue weighted by atomic mass is 9.90. The summed E-state index contributed by atoms with van der Waals surface area (Å²) >= 11 is 0. The van der Waals surface area contributed by atoms with E-state index in [-0.39, 0.29) is 0 Å². The Balaban J connectivity index is 0.998. The quantitative estimate of drug-likeness (QED) is 0.163. The third-order valence-corrected chi connectivity index (χ3v) is 10.7. The van der Waals surface area contributed by atoms with Crippen molar-refractivity contribution in [1.82, 2.24) is 20.4 Å². The smallest absolute Gasteiger partial charge is 0.0998 e. The Morgan fingerprint density at radius 2 is 0.655 bits per heavy atom. The minimum absolute atomic E-state index is 0.622. The van der Waals surface area contributed by atoms with Gasteiger partial charge in [-0.15, -0.1) is 20.4 Å². The normalized spacial score (nSPS) is 11.1. The number of nitrogens with zero attached hydrogens (tertiary/aromatic N) is 5. The van der Waals surface area contributed by atoms with Crippen molar-refractivity contribution in [2.24, 2.45) is 0 Å². The molecule has 0 amide bonds. The van der Waals surface area contributed by atoms with Crippen molar-refractivity contribution >= 4 is 21.5 Å². The number of hydrogen-bond acceptors (Lipinski definition) is 5. The molecule has 10 rings (SSSR count). The van der Waals surface area contributed by atoms with Crippen molar-refractivity contribution in [3.63, 3.8) is 0 Å². The number of benzene rings is 8. The van der Waals surface area contributed by atoms with Gasteiger partial charge in [0.15, 0.2) is 0 Å². The van der Waals surface area contributed by atoms with Gasteiger partial charge in [0.1, 0.15) is 0 Å². The van der Waals surface area contributed by atoms with Crippen LogP contribution in [0, 0.1) is 11.3 Å². The van der Waals surface area contributed by atoms with Gasteiger partial charge in [-0.1, -0.05) is 127 Å². The van der Waals surface area contributed by atoms with E-state index in [9.17, 15) is 5.26 Å². The maximum atomic E-state index is 10.1. The SMILES string of the molecule is N#Cc1ccccc1-c1cc(-c2cccc(-c3ccc(-c4ccc5ccccc5c4)nn3)c2)cc(-c2cccc(-c3ccc(-c4ccc5ccccc5c4)nn3)c2)c1. The standard InChI is InChI=1S/C53H33N5/c54-34-45-13-5-6-18-49(45)48-32-46(39-14-7-16-41(29-39)50-23-25-52(57-55-50)43-21-19-35-9-1-3-11-37(35)27-43)31-47(33-48)40-15-8-17-42(30-40)51-24-26-53(58-56-51)44-22-20-36-10-2-4-12-38(36)28-44/h1-33H. The first-order valence-corrected chi connectivity index (χ1v) is 19.2. The minimum Gasteiger partial charge on any atom is -0.192 e. The Labute approximate surface area is 336 Å². The molecule has 0 fully saturated rings. The second kappa shape index (κ2) is 14.9. The molecule has 270 valence electrons. The van der Waals surface area contributed by atoms with E-state index in [1.54, 1.807) is 0 Å². The summed E-state index contributed by atoms with van der Waals surface area (Å²) in [5.41, 5.74) is 13.8. The molecule has 0 saturated heterocycles. The Kier molecular flexibility index (Phi) is 8.83. The van der Waals surface area contributed by atoms with Gasteiger partial charge in [-0.2, -0.15) is 5.26 Å². The first-order valence-electron chi connectivity index (χ1n) is 19.2. The van der Waals surface area contributed by atoms with Gasteiger partial charge in [0.05, 0.1) is 34.4 Å². The zero-order valence-corrected chi connectivity index (χ0v) is 31.3. The second-order valence-electron chi connectivity index (χ2n) is 14.3. The number of aromatic nitrogens is 4. The van der Waals surface area contributed by atoms with Crippen LogP contribution < -0.4 is 0 Å². The molecule has 10 aromatic rings. The molecule has 0 aliphatic rings. The van der Waals surface area contributed by atoms with Crippen LogP contribution in [0.25, 0.3) is 100.0 Å². The number of nitriles is 1. The van der Waals surface area contributed by atoms with Gasteiger partial charge in [-0.05, 0) is 128 Å². The third kappa shape index (κ3) is 6.76. The summed E-state index contributed by atoms with van der Waals surface area (Å²) in [5.74, 6) is 0. The molecular weight excluding hydrogens is 707 g/mol. The van der Waals surface area contributed by atoms with Crippen LogP contribution in [0.4, 0.5) is 0 Å². The fourth-order valence-corrected chi connectivity index (χ4v) is 7.64. The van der Waals surface area contributed by atoms with Gasteiger partial charge in [-0.3, -0.25) is 0 Å². The predicted molar refractivity (Wildman–Crippen MR) is 235 cm³/mol. The average Bonchev–Trinajstić information content (AvgIpc) is 3.31. The predicted octanol–water partition coefficient (Wildman–Crippen LogP) is 13.1. The van der Waals surface area contributed by atoms with Gasteiger partial charge in [0.25, 0.3) is 0 Å². The summed E-state index contributed by atoms with van der Waals surface area (Å²) in [6.07, 6.45) is 0. The highest BCUT2D eigenvalue weighted by atomic mass is 15.1. The van der Waals surface area contributed by atoms with E-state index in [1.807, 2.05) is 72.8 Å². The molecule has 8 aromatic carbocycles. The van der Waals surface area contributed by atoms with Gasteiger partial charge < -0.3 is 0 Å². The van der Waals surface area contributed by atoms with Crippen molar-refractivity contribution in [3.8, 4) is 84.5 Å². The highest BCUT2D eigenvalue weighted by Crippen LogP contribution is 2.37. The topological polar surface area (TPSA) is 75.3 Å². The van der Waals surface area contributed by atoms with E-state index in [1.165, 1.54) is 21.5 Å². The molecule has 0 spiro atoms. The molecule has 0 aliphatic heterocycles. The van der Waals surface area contributed by atoms with Crippen molar-refractivity contribution in [2.75, 3.05) is 0 Å². The van der Waals surface area contributed by atoms with E-state index in [4.69, 9.17) is 0 Å². The Morgan fingerprint density at radius 3 is 1.12 bits per heavy atom. The molecule has 0 bridgehead atoms. The number of rotatable bonds is 7. The number of fused-ring (bicyclic) bond motifs is 2. The summed E-state index contributed by atoms with van der Waals surface area (Å²) in [7, 11) is 0.